The quantitative estimate of drug-likeness (QED) is 0.281. The topological polar surface area (TPSA) is 69.5 Å². The van der Waals surface area contributed by atoms with Gasteiger partial charge in [0, 0.05) is 23.4 Å². The van der Waals surface area contributed by atoms with E-state index in [0.29, 0.717) is 22.7 Å². The molecule has 1 fully saturated rings. The molecule has 1 aliphatic rings. The monoisotopic (exact) mass is 445 g/mol. The number of benzene rings is 3. The van der Waals surface area contributed by atoms with Crippen LogP contribution >= 0.6 is 0 Å². The standard InChI is InChI=1S/C28H19N3O3/c32-27-23(16-20-17-26-24(29-20)18-25(34-26)19-10-4-1-5-11-19)28(33)31(22-14-8-3-9-15-22)30(27)21-12-6-2-7-13-21/h1-18,29H. The molecule has 0 unspecified atom stereocenters. The molecular formula is C28H19N3O3. The minimum absolute atomic E-state index is 0.0693. The lowest BCUT2D eigenvalue weighted by Gasteiger charge is -2.27. The third kappa shape index (κ3) is 3.29. The summed E-state index contributed by atoms with van der Waals surface area (Å²) in [7, 11) is 0. The molecule has 164 valence electrons. The molecule has 6 nitrogen and oxygen atoms in total. The summed E-state index contributed by atoms with van der Waals surface area (Å²) in [5.41, 5.74) is 4.34. The number of nitrogens with one attached hydrogen (secondary N) is 1. The van der Waals surface area contributed by atoms with Gasteiger partial charge in [0.25, 0.3) is 11.8 Å². The van der Waals surface area contributed by atoms with Gasteiger partial charge in [-0.15, -0.1) is 0 Å². The van der Waals surface area contributed by atoms with Gasteiger partial charge in [-0.1, -0.05) is 66.7 Å². The highest BCUT2D eigenvalue weighted by Gasteiger charge is 2.42. The van der Waals surface area contributed by atoms with Gasteiger partial charge in [-0.05, 0) is 30.3 Å². The maximum Gasteiger partial charge on any atom is 0.283 e. The number of aromatic nitrogens is 1. The van der Waals surface area contributed by atoms with Gasteiger partial charge in [0.2, 0.25) is 0 Å². The Morgan fingerprint density at radius 3 is 1.74 bits per heavy atom. The van der Waals surface area contributed by atoms with Crippen LogP contribution in [0.3, 0.4) is 0 Å². The van der Waals surface area contributed by atoms with E-state index >= 15 is 0 Å². The molecule has 3 heterocycles. The Labute approximate surface area is 195 Å². The van der Waals surface area contributed by atoms with Crippen LogP contribution in [-0.2, 0) is 9.59 Å². The van der Waals surface area contributed by atoms with E-state index < -0.39 is 11.8 Å². The third-order valence-electron chi connectivity index (χ3n) is 5.73. The molecule has 0 saturated carbocycles. The average Bonchev–Trinajstić information content (AvgIpc) is 3.52. The zero-order valence-electron chi connectivity index (χ0n) is 18.0. The average molecular weight is 445 g/mol. The highest BCUT2D eigenvalue weighted by molar-refractivity contribution is 6.38. The Hall–Kier alpha value is -4.84. The Kier molecular flexibility index (Phi) is 4.63. The summed E-state index contributed by atoms with van der Waals surface area (Å²) in [5.74, 6) is -0.0351. The first kappa shape index (κ1) is 19.8. The fourth-order valence-electron chi connectivity index (χ4n) is 4.15. The molecule has 0 bridgehead atoms. The summed E-state index contributed by atoms with van der Waals surface area (Å²) in [6.45, 7) is 0. The highest BCUT2D eigenvalue weighted by Crippen LogP contribution is 2.33. The Morgan fingerprint density at radius 1 is 0.676 bits per heavy atom. The minimum Gasteiger partial charge on any atom is -0.454 e. The number of fused-ring (bicyclic) bond motifs is 1. The van der Waals surface area contributed by atoms with E-state index in [4.69, 9.17) is 4.42 Å². The van der Waals surface area contributed by atoms with Gasteiger partial charge < -0.3 is 9.40 Å². The number of furan rings is 1. The molecule has 2 amide bonds. The van der Waals surface area contributed by atoms with Gasteiger partial charge >= 0.3 is 0 Å². The van der Waals surface area contributed by atoms with Crippen LogP contribution < -0.4 is 10.0 Å². The molecule has 5 aromatic rings. The van der Waals surface area contributed by atoms with Crippen molar-refractivity contribution in [1.82, 2.24) is 4.98 Å². The van der Waals surface area contributed by atoms with Crippen LogP contribution in [0.25, 0.3) is 28.5 Å². The highest BCUT2D eigenvalue weighted by atomic mass is 16.3. The van der Waals surface area contributed by atoms with Crippen molar-refractivity contribution < 1.29 is 14.0 Å². The molecule has 0 atom stereocenters. The second-order valence-electron chi connectivity index (χ2n) is 7.94. The predicted molar refractivity (Wildman–Crippen MR) is 132 cm³/mol. The Morgan fingerprint density at radius 2 is 1.21 bits per heavy atom. The lowest BCUT2D eigenvalue weighted by molar-refractivity contribution is -0.116. The molecule has 0 aliphatic carbocycles. The summed E-state index contributed by atoms with van der Waals surface area (Å²) in [5, 5.41) is 2.81. The lowest BCUT2D eigenvalue weighted by atomic mass is 10.2. The van der Waals surface area contributed by atoms with Crippen LogP contribution in [0.2, 0.25) is 0 Å². The fourth-order valence-corrected chi connectivity index (χ4v) is 4.15. The maximum absolute atomic E-state index is 13.5. The zero-order chi connectivity index (χ0) is 23.1. The first-order valence-corrected chi connectivity index (χ1v) is 10.9. The number of nitrogens with zero attached hydrogens (tertiary/aromatic N) is 2. The number of rotatable bonds is 4. The van der Waals surface area contributed by atoms with E-state index in [-0.39, 0.29) is 5.57 Å². The number of anilines is 2. The van der Waals surface area contributed by atoms with Crippen molar-refractivity contribution in [2.45, 2.75) is 0 Å². The Bertz CT molecular complexity index is 1440. The zero-order valence-corrected chi connectivity index (χ0v) is 18.0. The van der Waals surface area contributed by atoms with Crippen molar-refractivity contribution in [1.29, 1.82) is 0 Å². The number of hydrazine groups is 1. The largest absolute Gasteiger partial charge is 0.454 e. The van der Waals surface area contributed by atoms with Crippen molar-refractivity contribution in [3.05, 3.63) is 114 Å². The number of hydrogen-bond acceptors (Lipinski definition) is 3. The SMILES string of the molecule is O=C1C(=Cc2cc3oc(-c4ccccc4)cc3[nH]2)C(=O)N(c2ccccc2)N1c1ccccc1. The number of carbonyl (C=O) groups is 2. The number of hydrogen-bond donors (Lipinski definition) is 1. The van der Waals surface area contributed by atoms with Gasteiger partial charge in [-0.25, -0.2) is 10.0 Å². The van der Waals surface area contributed by atoms with E-state index in [0.717, 1.165) is 16.8 Å². The second kappa shape index (κ2) is 7.94. The summed E-state index contributed by atoms with van der Waals surface area (Å²) >= 11 is 0. The molecule has 6 heteroatoms. The van der Waals surface area contributed by atoms with Crippen LogP contribution in [0, 0.1) is 0 Å². The number of amides is 2. The Balaban J connectivity index is 1.40. The molecule has 2 aromatic heterocycles. The van der Waals surface area contributed by atoms with Crippen molar-refractivity contribution >= 4 is 40.4 Å². The van der Waals surface area contributed by atoms with Gasteiger partial charge in [-0.3, -0.25) is 9.59 Å². The number of H-pyrrole nitrogens is 1. The van der Waals surface area contributed by atoms with Crippen molar-refractivity contribution in [2.75, 3.05) is 10.0 Å². The van der Waals surface area contributed by atoms with Gasteiger partial charge in [0.15, 0.2) is 5.58 Å². The van der Waals surface area contributed by atoms with Crippen LogP contribution in [-0.4, -0.2) is 16.8 Å². The summed E-state index contributed by atoms with van der Waals surface area (Å²) in [6, 6.07) is 31.8. The molecular weight excluding hydrogens is 426 g/mol. The molecule has 1 N–H and O–H groups in total. The summed E-state index contributed by atoms with van der Waals surface area (Å²) in [4.78, 5) is 30.2. The third-order valence-corrected chi connectivity index (χ3v) is 5.73. The normalized spacial score (nSPS) is 13.8. The molecule has 0 spiro atoms. The smallest absolute Gasteiger partial charge is 0.283 e. The predicted octanol–water partition coefficient (Wildman–Crippen LogP) is 5.81. The molecule has 1 aliphatic heterocycles. The second-order valence-corrected chi connectivity index (χ2v) is 7.94. The number of para-hydroxylation sites is 2. The van der Waals surface area contributed by atoms with Crippen LogP contribution in [0.1, 0.15) is 5.69 Å². The van der Waals surface area contributed by atoms with Crippen molar-refractivity contribution in [3.63, 3.8) is 0 Å². The summed E-state index contributed by atoms with van der Waals surface area (Å²) < 4.78 is 5.98. The van der Waals surface area contributed by atoms with E-state index in [1.165, 1.54) is 10.0 Å². The van der Waals surface area contributed by atoms with Crippen LogP contribution in [0.15, 0.2) is 113 Å². The molecule has 1 saturated heterocycles. The van der Waals surface area contributed by atoms with Crippen molar-refractivity contribution in [2.24, 2.45) is 0 Å². The first-order valence-electron chi connectivity index (χ1n) is 10.9. The van der Waals surface area contributed by atoms with Gasteiger partial charge in [-0.2, -0.15) is 0 Å². The van der Waals surface area contributed by atoms with Crippen molar-refractivity contribution in [3.8, 4) is 11.3 Å². The first-order chi connectivity index (χ1) is 16.7. The molecule has 6 rings (SSSR count). The van der Waals surface area contributed by atoms with E-state index in [2.05, 4.69) is 4.98 Å². The number of carbonyl (C=O) groups excluding carboxylic acids is 2. The minimum atomic E-state index is -0.392. The lowest BCUT2D eigenvalue weighted by Crippen LogP contribution is -2.41. The number of aromatic amines is 1. The van der Waals surface area contributed by atoms with E-state index in [9.17, 15) is 9.59 Å². The molecule has 0 radical (unpaired) electrons. The van der Waals surface area contributed by atoms with Crippen LogP contribution in [0.4, 0.5) is 11.4 Å². The molecule has 34 heavy (non-hydrogen) atoms. The van der Waals surface area contributed by atoms with Gasteiger partial charge in [0.1, 0.15) is 11.3 Å². The fraction of sp³-hybridized carbons (Fsp3) is 0. The maximum atomic E-state index is 13.5. The molecule has 3 aromatic carbocycles. The summed E-state index contributed by atoms with van der Waals surface area (Å²) in [6.07, 6.45) is 1.58. The van der Waals surface area contributed by atoms with Crippen LogP contribution in [0.5, 0.6) is 0 Å². The van der Waals surface area contributed by atoms with E-state index in [1.807, 2.05) is 72.8 Å². The van der Waals surface area contributed by atoms with E-state index in [1.54, 1.807) is 36.4 Å². The van der Waals surface area contributed by atoms with Gasteiger partial charge in [0.05, 0.1) is 16.9 Å².